The van der Waals surface area contributed by atoms with Gasteiger partial charge in [0.05, 0.1) is 11.0 Å². The van der Waals surface area contributed by atoms with E-state index >= 15 is 0 Å². The monoisotopic (exact) mass is 264 g/mol. The minimum atomic E-state index is -0.256. The largest absolute Gasteiger partial charge is 0.342 e. The zero-order chi connectivity index (χ0) is 14.0. The van der Waals surface area contributed by atoms with Gasteiger partial charge in [0.1, 0.15) is 5.82 Å². The van der Waals surface area contributed by atoms with E-state index in [9.17, 15) is 4.39 Å². The van der Waals surface area contributed by atoms with Gasteiger partial charge in [-0.1, -0.05) is 13.8 Å². The zero-order valence-corrected chi connectivity index (χ0v) is 11.7. The second-order valence-corrected chi connectivity index (χ2v) is 5.60. The predicted octanol–water partition coefficient (Wildman–Crippen LogP) is 2.51. The van der Waals surface area contributed by atoms with E-state index in [1.807, 2.05) is 0 Å². The number of nitrogens with zero attached hydrogens (tertiary/aromatic N) is 2. The fraction of sp³-hybridized carbons (Fsp3) is 0.500. The number of H-pyrrole nitrogens is 1. The van der Waals surface area contributed by atoms with E-state index in [1.165, 1.54) is 12.1 Å². The molecule has 0 fully saturated rings. The smallest absolute Gasteiger partial charge is 0.203 e. The van der Waals surface area contributed by atoms with Crippen molar-refractivity contribution < 1.29 is 4.39 Å². The molecule has 0 aliphatic rings. The van der Waals surface area contributed by atoms with E-state index < -0.39 is 0 Å². The van der Waals surface area contributed by atoms with Crippen molar-refractivity contribution in [1.29, 1.82) is 0 Å². The number of benzene rings is 1. The Bertz CT molecular complexity index is 562. The summed E-state index contributed by atoms with van der Waals surface area (Å²) in [6, 6.07) is 4.58. The molecule has 3 N–H and O–H groups in total. The van der Waals surface area contributed by atoms with Gasteiger partial charge in [-0.05, 0) is 37.1 Å². The number of anilines is 1. The van der Waals surface area contributed by atoms with Crippen LogP contribution in [-0.2, 0) is 0 Å². The van der Waals surface area contributed by atoms with Gasteiger partial charge in [0.25, 0.3) is 0 Å². The first kappa shape index (κ1) is 13.8. The minimum absolute atomic E-state index is 0.0141. The number of halogens is 1. The molecule has 0 saturated heterocycles. The molecule has 0 atom stereocenters. The van der Waals surface area contributed by atoms with Gasteiger partial charge in [0, 0.05) is 13.1 Å². The van der Waals surface area contributed by atoms with Crippen molar-refractivity contribution in [3.8, 4) is 0 Å². The summed E-state index contributed by atoms with van der Waals surface area (Å²) in [6.45, 7) is 8.56. The Morgan fingerprint density at radius 1 is 1.42 bits per heavy atom. The third-order valence-electron chi connectivity index (χ3n) is 3.28. The van der Waals surface area contributed by atoms with Gasteiger partial charge in [-0.25, -0.2) is 9.37 Å². The third-order valence-corrected chi connectivity index (χ3v) is 3.28. The SMILES string of the molecule is CCN(CC(C)(C)CN)c1nc2ccc(F)cc2[nH]1. The molecule has 4 nitrogen and oxygen atoms in total. The number of fused-ring (bicyclic) bond motifs is 1. The molecule has 0 bridgehead atoms. The topological polar surface area (TPSA) is 57.9 Å². The van der Waals surface area contributed by atoms with Crippen LogP contribution in [0.1, 0.15) is 20.8 Å². The van der Waals surface area contributed by atoms with Crippen molar-refractivity contribution in [2.75, 3.05) is 24.5 Å². The van der Waals surface area contributed by atoms with Gasteiger partial charge in [0.15, 0.2) is 0 Å². The van der Waals surface area contributed by atoms with Crippen molar-refractivity contribution in [3.63, 3.8) is 0 Å². The first-order valence-electron chi connectivity index (χ1n) is 6.55. The molecule has 1 aromatic heterocycles. The first-order chi connectivity index (χ1) is 8.95. The molecule has 19 heavy (non-hydrogen) atoms. The van der Waals surface area contributed by atoms with E-state index in [-0.39, 0.29) is 11.2 Å². The van der Waals surface area contributed by atoms with Crippen LogP contribution in [0.2, 0.25) is 0 Å². The molecule has 0 radical (unpaired) electrons. The standard InChI is InChI=1S/C14H21FN4/c1-4-19(9-14(2,3)8-16)13-17-11-6-5-10(15)7-12(11)18-13/h5-7H,4,8-9,16H2,1-3H3,(H,17,18). The molecule has 1 aromatic carbocycles. The second-order valence-electron chi connectivity index (χ2n) is 5.60. The lowest BCUT2D eigenvalue weighted by molar-refractivity contribution is 0.378. The number of hydrogen-bond donors (Lipinski definition) is 2. The van der Waals surface area contributed by atoms with Gasteiger partial charge in [0.2, 0.25) is 5.95 Å². The molecular formula is C14H21FN4. The maximum atomic E-state index is 13.2. The summed E-state index contributed by atoms with van der Waals surface area (Å²) in [5.41, 5.74) is 7.29. The zero-order valence-electron chi connectivity index (χ0n) is 11.7. The number of hydrogen-bond acceptors (Lipinski definition) is 3. The second kappa shape index (κ2) is 5.17. The summed E-state index contributed by atoms with van der Waals surface area (Å²) in [4.78, 5) is 9.80. The Morgan fingerprint density at radius 2 is 2.16 bits per heavy atom. The van der Waals surface area contributed by atoms with Crippen molar-refractivity contribution in [2.45, 2.75) is 20.8 Å². The Kier molecular flexibility index (Phi) is 3.75. The van der Waals surface area contributed by atoms with E-state index in [2.05, 4.69) is 35.6 Å². The van der Waals surface area contributed by atoms with Crippen LogP contribution in [0.25, 0.3) is 11.0 Å². The molecule has 2 aromatic rings. The Hall–Kier alpha value is -1.62. The van der Waals surface area contributed by atoms with Crippen LogP contribution < -0.4 is 10.6 Å². The van der Waals surface area contributed by atoms with Gasteiger partial charge >= 0.3 is 0 Å². The van der Waals surface area contributed by atoms with Crippen molar-refractivity contribution >= 4 is 17.0 Å². The highest BCUT2D eigenvalue weighted by molar-refractivity contribution is 5.77. The maximum absolute atomic E-state index is 13.2. The number of aromatic nitrogens is 2. The van der Waals surface area contributed by atoms with Gasteiger partial charge in [-0.3, -0.25) is 0 Å². The summed E-state index contributed by atoms with van der Waals surface area (Å²) in [5, 5.41) is 0. The van der Waals surface area contributed by atoms with E-state index in [0.717, 1.165) is 30.1 Å². The van der Waals surface area contributed by atoms with Crippen LogP contribution in [-0.4, -0.2) is 29.6 Å². The number of aromatic amines is 1. The molecule has 0 amide bonds. The van der Waals surface area contributed by atoms with Crippen LogP contribution in [0.5, 0.6) is 0 Å². The lowest BCUT2D eigenvalue weighted by Gasteiger charge is -2.30. The predicted molar refractivity (Wildman–Crippen MR) is 76.8 cm³/mol. The Balaban J connectivity index is 2.30. The van der Waals surface area contributed by atoms with Gasteiger partial charge in [-0.15, -0.1) is 0 Å². The average Bonchev–Trinajstić information content (AvgIpc) is 2.78. The quantitative estimate of drug-likeness (QED) is 0.872. The summed E-state index contributed by atoms with van der Waals surface area (Å²) < 4.78 is 13.2. The van der Waals surface area contributed by atoms with E-state index in [1.54, 1.807) is 6.07 Å². The maximum Gasteiger partial charge on any atom is 0.203 e. The van der Waals surface area contributed by atoms with E-state index in [4.69, 9.17) is 5.73 Å². The summed E-state index contributed by atoms with van der Waals surface area (Å²) in [6.07, 6.45) is 0. The number of nitrogens with two attached hydrogens (primary N) is 1. The van der Waals surface area contributed by atoms with Gasteiger partial charge in [-0.2, -0.15) is 0 Å². The summed E-state index contributed by atoms with van der Waals surface area (Å²) >= 11 is 0. The third kappa shape index (κ3) is 3.04. The molecule has 0 unspecified atom stereocenters. The van der Waals surface area contributed by atoms with Crippen molar-refractivity contribution in [2.24, 2.45) is 11.1 Å². The van der Waals surface area contributed by atoms with Crippen LogP contribution in [0.3, 0.4) is 0 Å². The highest BCUT2D eigenvalue weighted by atomic mass is 19.1. The lowest BCUT2D eigenvalue weighted by Crippen LogP contribution is -2.39. The highest BCUT2D eigenvalue weighted by Gasteiger charge is 2.21. The normalized spacial score (nSPS) is 12.1. The Morgan fingerprint density at radius 3 is 2.79 bits per heavy atom. The molecule has 5 heteroatoms. The lowest BCUT2D eigenvalue weighted by atomic mass is 9.93. The fourth-order valence-electron chi connectivity index (χ4n) is 2.04. The molecule has 0 saturated carbocycles. The number of imidazole rings is 1. The fourth-order valence-corrected chi connectivity index (χ4v) is 2.04. The van der Waals surface area contributed by atoms with Crippen LogP contribution in [0, 0.1) is 11.2 Å². The molecule has 0 aliphatic carbocycles. The molecule has 1 heterocycles. The summed E-state index contributed by atoms with van der Waals surface area (Å²) in [5.74, 6) is 0.512. The molecular weight excluding hydrogens is 243 g/mol. The molecule has 104 valence electrons. The number of rotatable bonds is 5. The van der Waals surface area contributed by atoms with Crippen LogP contribution in [0.15, 0.2) is 18.2 Å². The van der Waals surface area contributed by atoms with Crippen LogP contribution in [0.4, 0.5) is 10.3 Å². The summed E-state index contributed by atoms with van der Waals surface area (Å²) in [7, 11) is 0. The van der Waals surface area contributed by atoms with Crippen LogP contribution >= 0.6 is 0 Å². The minimum Gasteiger partial charge on any atom is -0.342 e. The molecule has 0 aliphatic heterocycles. The molecule has 0 spiro atoms. The van der Waals surface area contributed by atoms with Crippen molar-refractivity contribution in [1.82, 2.24) is 9.97 Å². The highest BCUT2D eigenvalue weighted by Crippen LogP contribution is 2.22. The Labute approximate surface area is 112 Å². The number of nitrogens with one attached hydrogen (secondary N) is 1. The van der Waals surface area contributed by atoms with Gasteiger partial charge < -0.3 is 15.6 Å². The van der Waals surface area contributed by atoms with Crippen molar-refractivity contribution in [3.05, 3.63) is 24.0 Å². The van der Waals surface area contributed by atoms with E-state index in [0.29, 0.717) is 6.54 Å². The molecule has 2 rings (SSSR count). The first-order valence-corrected chi connectivity index (χ1v) is 6.55. The average molecular weight is 264 g/mol.